The first kappa shape index (κ1) is 15.3. The molecule has 0 aromatic rings. The molecule has 0 aromatic carbocycles. The fourth-order valence-electron chi connectivity index (χ4n) is 2.40. The van der Waals surface area contributed by atoms with Crippen molar-refractivity contribution in [3.63, 3.8) is 0 Å². The summed E-state index contributed by atoms with van der Waals surface area (Å²) in [5.41, 5.74) is 0. The first-order valence-corrected chi connectivity index (χ1v) is 9.47. The van der Waals surface area contributed by atoms with Crippen LogP contribution in [0, 0.1) is 5.92 Å². The zero-order valence-corrected chi connectivity index (χ0v) is 12.7. The van der Waals surface area contributed by atoms with Crippen LogP contribution in [0.25, 0.3) is 0 Å². The Morgan fingerprint density at radius 3 is 2.41 bits per heavy atom. The molecule has 17 heavy (non-hydrogen) atoms. The highest BCUT2D eigenvalue weighted by atomic mass is 32.2. The summed E-state index contributed by atoms with van der Waals surface area (Å²) in [6.07, 6.45) is 7.10. The van der Waals surface area contributed by atoms with E-state index in [1.165, 1.54) is 0 Å². The Labute approximate surface area is 110 Å². The maximum absolute atomic E-state index is 12.0. The van der Waals surface area contributed by atoms with Crippen LogP contribution in [0.15, 0.2) is 0 Å². The van der Waals surface area contributed by atoms with Crippen LogP contribution in [-0.2, 0) is 10.0 Å². The highest BCUT2D eigenvalue weighted by molar-refractivity contribution is 7.99. The largest absolute Gasteiger partial charge is 0.212 e. The maximum atomic E-state index is 12.0. The lowest BCUT2D eigenvalue weighted by Crippen LogP contribution is -2.36. The molecule has 0 heterocycles. The van der Waals surface area contributed by atoms with Crippen LogP contribution >= 0.6 is 11.8 Å². The van der Waals surface area contributed by atoms with Crippen LogP contribution in [0.3, 0.4) is 0 Å². The van der Waals surface area contributed by atoms with E-state index in [4.69, 9.17) is 0 Å². The average Bonchev–Trinajstić information content (AvgIpc) is 2.72. The van der Waals surface area contributed by atoms with Gasteiger partial charge in [-0.05, 0) is 31.4 Å². The minimum absolute atomic E-state index is 0.173. The molecule has 1 aliphatic carbocycles. The summed E-state index contributed by atoms with van der Waals surface area (Å²) in [7, 11) is -3.08. The predicted molar refractivity (Wildman–Crippen MR) is 75.9 cm³/mol. The first-order valence-electron chi connectivity index (χ1n) is 6.53. The van der Waals surface area contributed by atoms with Crippen LogP contribution in [-0.4, -0.2) is 31.7 Å². The van der Waals surface area contributed by atoms with E-state index in [1.54, 1.807) is 0 Å². The van der Waals surface area contributed by atoms with Crippen molar-refractivity contribution in [2.45, 2.75) is 57.2 Å². The second-order valence-corrected chi connectivity index (χ2v) is 7.89. The van der Waals surface area contributed by atoms with Gasteiger partial charge in [-0.3, -0.25) is 0 Å². The standard InChI is InChI=1S/C12H25NO2S2/c1-4-10(5-2)9-17(14,15)13-11-6-7-12(8-11)16-3/h10-13H,4-9H2,1-3H3. The molecule has 0 amide bonds. The Hall–Kier alpha value is 0.260. The minimum atomic E-state index is -3.08. The van der Waals surface area contributed by atoms with Crippen molar-refractivity contribution < 1.29 is 8.42 Å². The van der Waals surface area contributed by atoms with Crippen LogP contribution in [0.5, 0.6) is 0 Å². The van der Waals surface area contributed by atoms with Crippen molar-refractivity contribution in [1.82, 2.24) is 4.72 Å². The van der Waals surface area contributed by atoms with Crippen molar-refractivity contribution >= 4 is 21.8 Å². The lowest BCUT2D eigenvalue weighted by molar-refractivity contribution is 0.506. The normalized spacial score (nSPS) is 25.6. The molecule has 2 atom stereocenters. The number of nitrogens with one attached hydrogen (secondary N) is 1. The second-order valence-electron chi connectivity index (χ2n) is 4.95. The number of hydrogen-bond acceptors (Lipinski definition) is 3. The molecule has 1 saturated carbocycles. The third kappa shape index (κ3) is 5.18. The molecule has 3 nitrogen and oxygen atoms in total. The van der Waals surface area contributed by atoms with E-state index in [-0.39, 0.29) is 6.04 Å². The van der Waals surface area contributed by atoms with E-state index in [9.17, 15) is 8.42 Å². The van der Waals surface area contributed by atoms with Gasteiger partial charge in [-0.25, -0.2) is 13.1 Å². The Morgan fingerprint density at radius 2 is 1.94 bits per heavy atom. The van der Waals surface area contributed by atoms with Gasteiger partial charge in [0.1, 0.15) is 0 Å². The van der Waals surface area contributed by atoms with Crippen LogP contribution in [0.1, 0.15) is 46.0 Å². The highest BCUT2D eigenvalue weighted by Crippen LogP contribution is 2.28. The third-order valence-electron chi connectivity index (χ3n) is 3.67. The molecule has 0 spiro atoms. The maximum Gasteiger partial charge on any atom is 0.212 e. The van der Waals surface area contributed by atoms with E-state index in [1.807, 2.05) is 11.8 Å². The molecule has 5 heteroatoms. The van der Waals surface area contributed by atoms with Gasteiger partial charge in [0.2, 0.25) is 10.0 Å². The summed E-state index contributed by atoms with van der Waals surface area (Å²) in [5.74, 6) is 0.589. The minimum Gasteiger partial charge on any atom is -0.212 e. The summed E-state index contributed by atoms with van der Waals surface area (Å²) in [6, 6.07) is 0.173. The van der Waals surface area contributed by atoms with Gasteiger partial charge in [-0.1, -0.05) is 26.7 Å². The topological polar surface area (TPSA) is 46.2 Å². The van der Waals surface area contributed by atoms with Crippen molar-refractivity contribution in [1.29, 1.82) is 0 Å². The predicted octanol–water partition coefficient (Wildman–Crippen LogP) is 2.63. The summed E-state index contributed by atoms with van der Waals surface area (Å²) >= 11 is 1.85. The van der Waals surface area contributed by atoms with Gasteiger partial charge in [0.05, 0.1) is 5.75 Å². The zero-order valence-electron chi connectivity index (χ0n) is 11.1. The number of sulfonamides is 1. The molecule has 102 valence electrons. The van der Waals surface area contributed by atoms with E-state index in [2.05, 4.69) is 24.8 Å². The van der Waals surface area contributed by atoms with Crippen molar-refractivity contribution in [2.75, 3.05) is 12.0 Å². The average molecular weight is 279 g/mol. The lowest BCUT2D eigenvalue weighted by Gasteiger charge is -2.17. The van der Waals surface area contributed by atoms with E-state index >= 15 is 0 Å². The van der Waals surface area contributed by atoms with Gasteiger partial charge in [0.25, 0.3) is 0 Å². The molecule has 1 aliphatic rings. The Bertz CT molecular complexity index is 312. The molecule has 2 unspecified atom stereocenters. The van der Waals surface area contributed by atoms with Gasteiger partial charge in [-0.15, -0.1) is 0 Å². The summed E-state index contributed by atoms with van der Waals surface area (Å²) in [6.45, 7) is 4.12. The van der Waals surface area contributed by atoms with Crippen LogP contribution in [0.4, 0.5) is 0 Å². The SMILES string of the molecule is CCC(CC)CS(=O)(=O)NC1CCC(SC)C1. The third-order valence-corrected chi connectivity index (χ3v) is 6.37. The van der Waals surface area contributed by atoms with Gasteiger partial charge in [0.15, 0.2) is 0 Å². The summed E-state index contributed by atoms with van der Waals surface area (Å²) in [4.78, 5) is 0. The number of thioether (sulfide) groups is 1. The van der Waals surface area contributed by atoms with Crippen molar-refractivity contribution in [3.8, 4) is 0 Å². The molecule has 1 rings (SSSR count). The van der Waals surface area contributed by atoms with E-state index in [0.717, 1.165) is 32.1 Å². The van der Waals surface area contributed by atoms with Crippen LogP contribution < -0.4 is 4.72 Å². The summed E-state index contributed by atoms with van der Waals surface area (Å²) < 4.78 is 26.9. The van der Waals surface area contributed by atoms with Gasteiger partial charge in [0, 0.05) is 11.3 Å². The fraction of sp³-hybridized carbons (Fsp3) is 1.00. The number of hydrogen-bond donors (Lipinski definition) is 1. The lowest BCUT2D eigenvalue weighted by atomic mass is 10.1. The van der Waals surface area contributed by atoms with Gasteiger partial charge in [-0.2, -0.15) is 11.8 Å². The molecular weight excluding hydrogens is 254 g/mol. The quantitative estimate of drug-likeness (QED) is 0.779. The Balaban J connectivity index is 2.44. The molecule has 0 saturated heterocycles. The molecule has 1 fully saturated rings. The summed E-state index contributed by atoms with van der Waals surface area (Å²) in [5, 5.41) is 0.635. The van der Waals surface area contributed by atoms with Crippen molar-refractivity contribution in [3.05, 3.63) is 0 Å². The highest BCUT2D eigenvalue weighted by Gasteiger charge is 2.28. The molecule has 1 N–H and O–H groups in total. The smallest absolute Gasteiger partial charge is 0.212 e. The van der Waals surface area contributed by atoms with E-state index < -0.39 is 10.0 Å². The molecule has 0 aliphatic heterocycles. The zero-order chi connectivity index (χ0) is 12.9. The Kier molecular flexibility index (Phi) is 6.31. The van der Waals surface area contributed by atoms with Crippen molar-refractivity contribution in [2.24, 2.45) is 5.92 Å². The van der Waals surface area contributed by atoms with E-state index in [0.29, 0.717) is 16.9 Å². The fourth-order valence-corrected chi connectivity index (χ4v) is 5.10. The molecule has 0 radical (unpaired) electrons. The second kappa shape index (κ2) is 7.00. The molecular formula is C12H25NO2S2. The number of rotatable bonds is 7. The Morgan fingerprint density at radius 1 is 1.29 bits per heavy atom. The molecule has 0 aromatic heterocycles. The monoisotopic (exact) mass is 279 g/mol. The van der Waals surface area contributed by atoms with Gasteiger partial charge < -0.3 is 0 Å². The van der Waals surface area contributed by atoms with Gasteiger partial charge >= 0.3 is 0 Å². The molecule has 0 bridgehead atoms. The first-order chi connectivity index (χ1) is 8.00. The van der Waals surface area contributed by atoms with Crippen LogP contribution in [0.2, 0.25) is 0 Å².